The van der Waals surface area contributed by atoms with Crippen LogP contribution in [0.15, 0.2) is 77.7 Å². The largest absolute Gasteiger partial charge is 0.495 e. The molecule has 0 N–H and O–H groups in total. The molecule has 4 aliphatic carbocycles. The molecule has 5 atom stereocenters. The van der Waals surface area contributed by atoms with Crippen LogP contribution in [-0.4, -0.2) is 28.1 Å². The highest BCUT2D eigenvalue weighted by Crippen LogP contribution is 2.61. The monoisotopic (exact) mass is 542 g/mol. The fourth-order valence-electron chi connectivity index (χ4n) is 7.58. The first-order chi connectivity index (χ1) is 18.9. The lowest BCUT2D eigenvalue weighted by atomic mass is 9.58. The van der Waals surface area contributed by atoms with Crippen molar-refractivity contribution in [3.63, 3.8) is 0 Å². The number of carbonyl (C=O) groups excluding carboxylic acids is 1. The molecule has 5 heteroatoms. The fraction of sp³-hybridized carbons (Fsp3) is 0.441. The maximum absolute atomic E-state index is 15.0. The van der Waals surface area contributed by atoms with E-state index in [1.807, 2.05) is 36.4 Å². The maximum Gasteiger partial charge on any atom is 0.326 e. The molecule has 0 unspecified atom stereocenters. The van der Waals surface area contributed by atoms with Gasteiger partial charge in [-0.05, 0) is 71.4 Å². The number of rotatable bonds is 6. The summed E-state index contributed by atoms with van der Waals surface area (Å²) in [7, 11) is -0.126. The van der Waals surface area contributed by atoms with Crippen LogP contribution in [-0.2, 0) is 20.3 Å². The minimum Gasteiger partial charge on any atom is -0.495 e. The second kappa shape index (κ2) is 10.2. The first kappa shape index (κ1) is 26.3. The molecule has 3 aromatic rings. The Morgan fingerprint density at radius 2 is 1.49 bits per heavy atom. The minimum atomic E-state index is -1.72. The molecule has 4 aliphatic rings. The van der Waals surface area contributed by atoms with Crippen molar-refractivity contribution in [2.24, 2.45) is 17.8 Å². The highest BCUT2D eigenvalue weighted by atomic mass is 32.2. The minimum absolute atomic E-state index is 0.0280. The molecule has 1 fully saturated rings. The zero-order valence-electron chi connectivity index (χ0n) is 23.3. The van der Waals surface area contributed by atoms with E-state index in [1.54, 1.807) is 7.11 Å². The molecular weight excluding hydrogens is 504 g/mol. The second-order valence-electron chi connectivity index (χ2n) is 12.0. The van der Waals surface area contributed by atoms with Crippen molar-refractivity contribution in [2.75, 3.05) is 7.11 Å². The van der Waals surface area contributed by atoms with E-state index >= 15 is 4.21 Å². The van der Waals surface area contributed by atoms with Crippen molar-refractivity contribution in [1.29, 1.82) is 0 Å². The van der Waals surface area contributed by atoms with E-state index in [9.17, 15) is 4.79 Å². The Hall–Kier alpha value is -2.92. The number of carbonyl (C=O) groups is 1. The van der Waals surface area contributed by atoms with Crippen LogP contribution in [0.25, 0.3) is 0 Å². The smallest absolute Gasteiger partial charge is 0.326 e. The van der Waals surface area contributed by atoms with Crippen molar-refractivity contribution in [3.05, 3.63) is 95.1 Å². The van der Waals surface area contributed by atoms with Gasteiger partial charge < -0.3 is 9.47 Å². The van der Waals surface area contributed by atoms with Crippen molar-refractivity contribution >= 4 is 16.8 Å². The molecule has 0 heterocycles. The molecule has 0 aliphatic heterocycles. The first-order valence-corrected chi connectivity index (χ1v) is 15.5. The summed E-state index contributed by atoms with van der Waals surface area (Å²) in [4.78, 5) is 15.4. The number of fused-ring (bicyclic) bond motifs is 1. The van der Waals surface area contributed by atoms with E-state index in [2.05, 4.69) is 57.2 Å². The van der Waals surface area contributed by atoms with Gasteiger partial charge in [0.1, 0.15) is 11.9 Å². The molecule has 1 saturated carbocycles. The molecule has 0 aromatic heterocycles. The van der Waals surface area contributed by atoms with Gasteiger partial charge in [0.15, 0.2) is 4.75 Å². The lowest BCUT2D eigenvalue weighted by Gasteiger charge is -2.51. The number of methoxy groups -OCH3 is 1. The average molecular weight is 543 g/mol. The first-order valence-electron chi connectivity index (χ1n) is 14.3. The maximum atomic E-state index is 15.0. The predicted octanol–water partition coefficient (Wildman–Crippen LogP) is 7.23. The number of esters is 1. The molecular formula is C34H38O4S. The molecule has 204 valence electrons. The van der Waals surface area contributed by atoms with Gasteiger partial charge in [-0.3, -0.25) is 9.00 Å². The Morgan fingerprint density at radius 3 is 2.10 bits per heavy atom. The number of benzene rings is 3. The van der Waals surface area contributed by atoms with Crippen LogP contribution in [0.5, 0.6) is 5.75 Å². The summed E-state index contributed by atoms with van der Waals surface area (Å²) >= 11 is 0. The van der Waals surface area contributed by atoms with Gasteiger partial charge in [0.2, 0.25) is 0 Å². The van der Waals surface area contributed by atoms with Gasteiger partial charge in [0, 0.05) is 11.8 Å². The topological polar surface area (TPSA) is 52.6 Å². The lowest BCUT2D eigenvalue weighted by molar-refractivity contribution is -0.160. The standard InChI is InChI=1S/C34H38O4S/c1-21(2)23-18-17-22(3)19-30(23)38-33(35)34(39(36)31-16-10-9-15-29(31)37-4)20-28-24-11-5-7-13-26(24)32(34)27-14-8-6-12-25(27)28/h5-16,21-23,28,30,32H,17-20H2,1-4H3/t22-,23+,28?,30-,32?,34-,39+/m1/s1. The van der Waals surface area contributed by atoms with Gasteiger partial charge >= 0.3 is 5.97 Å². The molecule has 3 aromatic carbocycles. The quantitative estimate of drug-likeness (QED) is 0.309. The molecule has 0 spiro atoms. The van der Waals surface area contributed by atoms with E-state index in [0.29, 0.717) is 34.8 Å². The van der Waals surface area contributed by atoms with Gasteiger partial charge in [-0.2, -0.15) is 0 Å². The Labute approximate surface area is 234 Å². The summed E-state index contributed by atoms with van der Waals surface area (Å²) in [5.41, 5.74) is 4.64. The third-order valence-electron chi connectivity index (χ3n) is 9.50. The second-order valence-corrected chi connectivity index (χ2v) is 13.7. The van der Waals surface area contributed by atoms with E-state index in [1.165, 1.54) is 11.1 Å². The highest BCUT2D eigenvalue weighted by Gasteiger charge is 2.62. The summed E-state index contributed by atoms with van der Waals surface area (Å²) in [6.07, 6.45) is 3.34. The number of hydrogen-bond acceptors (Lipinski definition) is 4. The van der Waals surface area contributed by atoms with Crippen LogP contribution in [0.2, 0.25) is 0 Å². The Balaban J connectivity index is 1.53. The van der Waals surface area contributed by atoms with E-state index in [0.717, 1.165) is 30.4 Å². The Kier molecular flexibility index (Phi) is 6.91. The van der Waals surface area contributed by atoms with E-state index in [-0.39, 0.29) is 23.9 Å². The number of ether oxygens (including phenoxy) is 2. The lowest BCUT2D eigenvalue weighted by Crippen LogP contribution is -2.57. The van der Waals surface area contributed by atoms with Crippen molar-refractivity contribution in [3.8, 4) is 5.75 Å². The van der Waals surface area contributed by atoms with Gasteiger partial charge in [0.25, 0.3) is 0 Å². The molecule has 0 amide bonds. The van der Waals surface area contributed by atoms with Crippen LogP contribution in [0.3, 0.4) is 0 Å². The van der Waals surface area contributed by atoms with Gasteiger partial charge in [-0.1, -0.05) is 87.9 Å². The summed E-state index contributed by atoms with van der Waals surface area (Å²) in [5.74, 6) is 1.04. The van der Waals surface area contributed by atoms with Crippen molar-refractivity contribution in [1.82, 2.24) is 0 Å². The third kappa shape index (κ3) is 4.16. The number of hydrogen-bond donors (Lipinski definition) is 0. The zero-order valence-corrected chi connectivity index (χ0v) is 24.1. The van der Waals surface area contributed by atoms with Crippen LogP contribution < -0.4 is 4.74 Å². The Bertz CT molecular complexity index is 1370. The van der Waals surface area contributed by atoms with Crippen LogP contribution in [0.4, 0.5) is 0 Å². The summed E-state index contributed by atoms with van der Waals surface area (Å²) in [6, 6.07) is 24.2. The van der Waals surface area contributed by atoms with E-state index in [4.69, 9.17) is 9.47 Å². The van der Waals surface area contributed by atoms with Gasteiger partial charge in [0.05, 0.1) is 22.8 Å². The van der Waals surface area contributed by atoms with Crippen molar-refractivity contribution in [2.45, 2.75) is 74.0 Å². The highest BCUT2D eigenvalue weighted by molar-refractivity contribution is 7.87. The average Bonchev–Trinajstić information content (AvgIpc) is 2.96. The molecule has 0 radical (unpaired) electrons. The third-order valence-corrected chi connectivity index (χ3v) is 11.5. The zero-order chi connectivity index (χ0) is 27.3. The predicted molar refractivity (Wildman–Crippen MR) is 155 cm³/mol. The molecule has 2 bridgehead atoms. The van der Waals surface area contributed by atoms with E-state index < -0.39 is 15.5 Å². The SMILES string of the molecule is COc1ccccc1[S@](=O)[C@]1(C(=O)O[C@@H]2C[C@H](C)CC[C@H]2C(C)C)CC2c3ccccc3C1c1ccccc12. The normalized spacial score (nSPS) is 29.8. The van der Waals surface area contributed by atoms with Gasteiger partial charge in [-0.15, -0.1) is 0 Å². The summed E-state index contributed by atoms with van der Waals surface area (Å²) in [5, 5.41) is 0. The molecule has 4 nitrogen and oxygen atoms in total. The summed E-state index contributed by atoms with van der Waals surface area (Å²) < 4.78 is 26.0. The van der Waals surface area contributed by atoms with Crippen LogP contribution in [0.1, 0.15) is 80.5 Å². The fourth-order valence-corrected chi connectivity index (χ4v) is 9.49. The van der Waals surface area contributed by atoms with Crippen LogP contribution in [0, 0.1) is 17.8 Å². The summed E-state index contributed by atoms with van der Waals surface area (Å²) in [6.45, 7) is 6.69. The molecule has 39 heavy (non-hydrogen) atoms. The number of para-hydroxylation sites is 1. The van der Waals surface area contributed by atoms with Crippen LogP contribution >= 0.6 is 0 Å². The molecule has 7 rings (SSSR count). The van der Waals surface area contributed by atoms with Gasteiger partial charge in [-0.25, -0.2) is 0 Å². The van der Waals surface area contributed by atoms with Crippen molar-refractivity contribution < 1.29 is 18.5 Å². The Morgan fingerprint density at radius 1 is 0.897 bits per heavy atom. The molecule has 0 saturated heterocycles.